The third-order valence-corrected chi connectivity index (χ3v) is 5.42. The van der Waals surface area contributed by atoms with Gasteiger partial charge in [0.25, 0.3) is 0 Å². The number of aryl methyl sites for hydroxylation is 1. The number of para-hydroxylation sites is 1. The molecule has 3 aromatic rings. The van der Waals surface area contributed by atoms with Gasteiger partial charge in [-0.3, -0.25) is 9.59 Å². The maximum Gasteiger partial charge on any atom is 0.245 e. The van der Waals surface area contributed by atoms with Gasteiger partial charge in [-0.25, -0.2) is 4.98 Å². The molecule has 1 atom stereocenters. The number of nitrogens with zero attached hydrogens (tertiary/aromatic N) is 4. The maximum absolute atomic E-state index is 13.4. The molecule has 0 radical (unpaired) electrons. The molecule has 6 heteroatoms. The maximum atomic E-state index is 13.4. The summed E-state index contributed by atoms with van der Waals surface area (Å²) >= 11 is 0. The van der Waals surface area contributed by atoms with Crippen LogP contribution in [0.4, 0.5) is 0 Å². The van der Waals surface area contributed by atoms with Gasteiger partial charge in [0, 0.05) is 41.9 Å². The van der Waals surface area contributed by atoms with E-state index in [2.05, 4.69) is 9.55 Å². The van der Waals surface area contributed by atoms with Crippen LogP contribution in [-0.4, -0.2) is 37.3 Å². The molecule has 6 nitrogen and oxygen atoms in total. The minimum atomic E-state index is -0.322. The molecular weight excluding hydrogens is 340 g/mol. The van der Waals surface area contributed by atoms with Crippen molar-refractivity contribution in [2.24, 2.45) is 0 Å². The van der Waals surface area contributed by atoms with Gasteiger partial charge in [0.2, 0.25) is 5.91 Å². The standard InChI is InChI=1S/C21H24N4O2/c1-3-19(21(27)23-9-6-10-24-14-22-11-16(24)12-23)25-13-18(15(2)26)17-7-4-5-8-20(17)25/h4-5,7-8,11,13-14,19H,3,6,9-10,12H2,1-2H3/t19-/m0/s1. The molecule has 1 aromatic carbocycles. The lowest BCUT2D eigenvalue weighted by molar-refractivity contribution is -0.135. The molecule has 3 heterocycles. The van der Waals surface area contributed by atoms with E-state index in [-0.39, 0.29) is 17.7 Å². The first-order valence-electron chi connectivity index (χ1n) is 9.48. The average Bonchev–Trinajstić information content (AvgIpc) is 3.21. The number of benzene rings is 1. The molecule has 1 aliphatic heterocycles. The number of fused-ring (bicyclic) bond motifs is 2. The number of ketones is 1. The quantitative estimate of drug-likeness (QED) is 0.667. The molecule has 0 spiro atoms. The van der Waals surface area contributed by atoms with E-state index in [1.807, 2.05) is 59.4 Å². The van der Waals surface area contributed by atoms with Crippen LogP contribution in [0.15, 0.2) is 43.0 Å². The highest BCUT2D eigenvalue weighted by atomic mass is 16.2. The molecule has 1 amide bonds. The van der Waals surface area contributed by atoms with Gasteiger partial charge in [-0.15, -0.1) is 0 Å². The molecule has 0 bridgehead atoms. The molecule has 0 fully saturated rings. The van der Waals surface area contributed by atoms with Crippen LogP contribution in [0.2, 0.25) is 0 Å². The molecule has 27 heavy (non-hydrogen) atoms. The van der Waals surface area contributed by atoms with Crippen molar-refractivity contribution in [2.45, 2.75) is 45.8 Å². The lowest BCUT2D eigenvalue weighted by Gasteiger charge is -2.26. The Labute approximate surface area is 158 Å². The second-order valence-electron chi connectivity index (χ2n) is 7.14. The predicted octanol–water partition coefficient (Wildman–Crippen LogP) is 3.42. The van der Waals surface area contributed by atoms with Gasteiger partial charge in [0.15, 0.2) is 5.78 Å². The van der Waals surface area contributed by atoms with E-state index < -0.39 is 0 Å². The van der Waals surface area contributed by atoms with Crippen molar-refractivity contribution in [3.05, 3.63) is 54.2 Å². The summed E-state index contributed by atoms with van der Waals surface area (Å²) in [6.45, 7) is 5.79. The Hall–Kier alpha value is -2.89. The van der Waals surface area contributed by atoms with Crippen LogP contribution in [-0.2, 0) is 17.9 Å². The van der Waals surface area contributed by atoms with E-state index in [1.165, 1.54) is 0 Å². The SMILES string of the molecule is CC[C@@H](C(=O)N1CCCn2cncc2C1)n1cc(C(C)=O)c2ccccc21. The lowest BCUT2D eigenvalue weighted by atomic mass is 10.1. The summed E-state index contributed by atoms with van der Waals surface area (Å²) in [5.74, 6) is 0.119. The summed E-state index contributed by atoms with van der Waals surface area (Å²) in [5, 5.41) is 0.908. The highest BCUT2D eigenvalue weighted by Gasteiger charge is 2.28. The van der Waals surface area contributed by atoms with Gasteiger partial charge in [-0.1, -0.05) is 25.1 Å². The van der Waals surface area contributed by atoms with Gasteiger partial charge in [0.1, 0.15) is 6.04 Å². The minimum Gasteiger partial charge on any atom is -0.335 e. The van der Waals surface area contributed by atoms with Gasteiger partial charge in [0.05, 0.1) is 18.6 Å². The molecule has 0 aliphatic carbocycles. The molecule has 140 valence electrons. The fourth-order valence-corrected chi connectivity index (χ4v) is 4.02. The van der Waals surface area contributed by atoms with E-state index in [0.29, 0.717) is 18.5 Å². The van der Waals surface area contributed by atoms with Crippen LogP contribution in [0, 0.1) is 0 Å². The number of imidazole rings is 1. The number of carbonyl (C=O) groups is 2. The number of hydrogen-bond acceptors (Lipinski definition) is 3. The van der Waals surface area contributed by atoms with Crippen molar-refractivity contribution in [3.63, 3.8) is 0 Å². The van der Waals surface area contributed by atoms with Crippen molar-refractivity contribution in [3.8, 4) is 0 Å². The molecule has 0 N–H and O–H groups in total. The van der Waals surface area contributed by atoms with E-state index in [0.717, 1.165) is 36.1 Å². The van der Waals surface area contributed by atoms with Crippen molar-refractivity contribution in [1.82, 2.24) is 19.0 Å². The molecule has 0 saturated heterocycles. The lowest BCUT2D eigenvalue weighted by Crippen LogP contribution is -2.36. The van der Waals surface area contributed by atoms with E-state index in [1.54, 1.807) is 6.92 Å². The van der Waals surface area contributed by atoms with Crippen LogP contribution in [0.1, 0.15) is 48.8 Å². The molecule has 0 unspecified atom stereocenters. The van der Waals surface area contributed by atoms with Crippen LogP contribution >= 0.6 is 0 Å². The number of Topliss-reactive ketones (excluding diaryl/α,β-unsaturated/α-hetero) is 1. The molecule has 0 saturated carbocycles. The summed E-state index contributed by atoms with van der Waals surface area (Å²) in [7, 11) is 0. The van der Waals surface area contributed by atoms with Crippen LogP contribution in [0.3, 0.4) is 0 Å². The van der Waals surface area contributed by atoms with Crippen molar-refractivity contribution in [1.29, 1.82) is 0 Å². The van der Waals surface area contributed by atoms with Gasteiger partial charge < -0.3 is 14.0 Å². The largest absolute Gasteiger partial charge is 0.335 e. The highest BCUT2D eigenvalue weighted by Crippen LogP contribution is 2.28. The molecule has 1 aliphatic rings. The van der Waals surface area contributed by atoms with Crippen LogP contribution < -0.4 is 0 Å². The number of rotatable bonds is 4. The predicted molar refractivity (Wildman–Crippen MR) is 104 cm³/mol. The highest BCUT2D eigenvalue weighted by molar-refractivity contribution is 6.07. The summed E-state index contributed by atoms with van der Waals surface area (Å²) in [6.07, 6.45) is 7.10. The number of carbonyl (C=O) groups excluding carboxylic acids is 2. The monoisotopic (exact) mass is 364 g/mol. The summed E-state index contributed by atoms with van der Waals surface area (Å²) < 4.78 is 4.10. The normalized spacial score (nSPS) is 15.4. The van der Waals surface area contributed by atoms with E-state index in [9.17, 15) is 9.59 Å². The molecule has 2 aromatic heterocycles. The van der Waals surface area contributed by atoms with Crippen molar-refractivity contribution in [2.75, 3.05) is 6.54 Å². The topological polar surface area (TPSA) is 60.1 Å². The first kappa shape index (κ1) is 17.5. The Morgan fingerprint density at radius 3 is 2.81 bits per heavy atom. The zero-order valence-corrected chi connectivity index (χ0v) is 15.8. The first-order chi connectivity index (χ1) is 13.1. The fourth-order valence-electron chi connectivity index (χ4n) is 4.02. The second kappa shape index (κ2) is 7.02. The number of amides is 1. The minimum absolute atomic E-state index is 0.0194. The van der Waals surface area contributed by atoms with E-state index in [4.69, 9.17) is 0 Å². The van der Waals surface area contributed by atoms with Gasteiger partial charge in [-0.05, 0) is 25.8 Å². The summed E-state index contributed by atoms with van der Waals surface area (Å²) in [5.41, 5.74) is 2.67. The Morgan fingerprint density at radius 2 is 2.04 bits per heavy atom. The zero-order valence-electron chi connectivity index (χ0n) is 15.8. The first-order valence-corrected chi connectivity index (χ1v) is 9.48. The molecule has 4 rings (SSSR count). The Kier molecular flexibility index (Phi) is 4.56. The Morgan fingerprint density at radius 1 is 1.22 bits per heavy atom. The third-order valence-electron chi connectivity index (χ3n) is 5.42. The van der Waals surface area contributed by atoms with Crippen LogP contribution in [0.5, 0.6) is 0 Å². The van der Waals surface area contributed by atoms with E-state index >= 15 is 0 Å². The number of aromatic nitrogens is 3. The van der Waals surface area contributed by atoms with Crippen LogP contribution in [0.25, 0.3) is 10.9 Å². The fraction of sp³-hybridized carbons (Fsp3) is 0.381. The Bertz CT molecular complexity index is 1000. The zero-order chi connectivity index (χ0) is 19.0. The van der Waals surface area contributed by atoms with Crippen molar-refractivity contribution < 1.29 is 9.59 Å². The third kappa shape index (κ3) is 3.05. The molecular formula is C21H24N4O2. The second-order valence-corrected chi connectivity index (χ2v) is 7.14. The van der Waals surface area contributed by atoms with Crippen molar-refractivity contribution >= 4 is 22.6 Å². The number of hydrogen-bond donors (Lipinski definition) is 0. The van der Waals surface area contributed by atoms with Gasteiger partial charge >= 0.3 is 0 Å². The Balaban J connectivity index is 1.71. The average molecular weight is 364 g/mol. The smallest absolute Gasteiger partial charge is 0.245 e. The summed E-state index contributed by atoms with van der Waals surface area (Å²) in [4.78, 5) is 31.7. The van der Waals surface area contributed by atoms with Gasteiger partial charge in [-0.2, -0.15) is 0 Å². The summed E-state index contributed by atoms with van der Waals surface area (Å²) in [6, 6.07) is 7.49.